The largest absolute Gasteiger partial charge is 0.444 e. The molecule has 4 rings (SSSR count). The smallest absolute Gasteiger partial charge is 0.410 e. The zero-order chi connectivity index (χ0) is 25.7. The normalized spacial score (nSPS) is 23.6. The van der Waals surface area contributed by atoms with Gasteiger partial charge in [-0.25, -0.2) is 18.8 Å². The van der Waals surface area contributed by atoms with Crippen LogP contribution in [0.3, 0.4) is 0 Å². The van der Waals surface area contributed by atoms with Crippen molar-refractivity contribution in [1.82, 2.24) is 14.7 Å². The second kappa shape index (κ2) is 11.7. The predicted octanol–water partition coefficient (Wildman–Crippen LogP) is 2.22. The molecule has 3 heterocycles. The van der Waals surface area contributed by atoms with Crippen molar-refractivity contribution in [3.05, 3.63) is 34.9 Å². The van der Waals surface area contributed by atoms with E-state index in [9.17, 15) is 19.0 Å². The van der Waals surface area contributed by atoms with Crippen LogP contribution in [0, 0.1) is 23.7 Å². The van der Waals surface area contributed by atoms with Crippen molar-refractivity contribution in [2.24, 2.45) is 5.41 Å². The van der Waals surface area contributed by atoms with Crippen molar-refractivity contribution in [2.75, 3.05) is 45.1 Å². The van der Waals surface area contributed by atoms with Gasteiger partial charge >= 0.3 is 6.09 Å². The third-order valence-electron chi connectivity index (χ3n) is 7.70. The zero-order valence-corrected chi connectivity index (χ0v) is 21.4. The van der Waals surface area contributed by atoms with Gasteiger partial charge in [0, 0.05) is 32.6 Å². The first-order chi connectivity index (χ1) is 17.3. The Morgan fingerprint density at radius 3 is 2.56 bits per heavy atom. The second-order valence-electron chi connectivity index (χ2n) is 9.93. The molecule has 0 saturated carbocycles. The Balaban J connectivity index is 1.33. The highest BCUT2D eigenvalue weighted by molar-refractivity contribution is 7.82. The first-order valence-electron chi connectivity index (χ1n) is 12.5. The Morgan fingerprint density at radius 2 is 1.97 bits per heavy atom. The van der Waals surface area contributed by atoms with Gasteiger partial charge < -0.3 is 14.4 Å². The molecular weight excluding hydrogens is 484 g/mol. The molecule has 10 nitrogen and oxygen atoms in total. The van der Waals surface area contributed by atoms with Gasteiger partial charge in [-0.05, 0) is 61.8 Å². The summed E-state index contributed by atoms with van der Waals surface area (Å²) in [6.07, 6.45) is 2.27. The lowest BCUT2D eigenvalue weighted by atomic mass is 9.79. The van der Waals surface area contributed by atoms with Crippen molar-refractivity contribution in [2.45, 2.75) is 51.0 Å². The summed E-state index contributed by atoms with van der Waals surface area (Å²) in [7, 11) is -1.41. The molecular formula is C25H34N4O6S. The Hall–Kier alpha value is -2.52. The van der Waals surface area contributed by atoms with Crippen molar-refractivity contribution < 1.29 is 28.5 Å². The van der Waals surface area contributed by atoms with Crippen LogP contribution in [0.5, 0.6) is 0 Å². The molecule has 0 spiro atoms. The Morgan fingerprint density at radius 1 is 1.25 bits per heavy atom. The average Bonchev–Trinajstić information content (AvgIpc) is 3.41. The minimum absolute atomic E-state index is 0.0965. The van der Waals surface area contributed by atoms with Gasteiger partial charge in [-0.2, -0.15) is 5.26 Å². The van der Waals surface area contributed by atoms with E-state index < -0.39 is 28.4 Å². The number of carbonyl (C=O) groups excluding carboxylic acids is 2. The van der Waals surface area contributed by atoms with E-state index >= 15 is 0 Å². The van der Waals surface area contributed by atoms with Crippen LogP contribution in [0.2, 0.25) is 0 Å². The van der Waals surface area contributed by atoms with E-state index in [1.807, 2.05) is 29.4 Å². The number of hydrogen-bond acceptors (Lipinski definition) is 7. The van der Waals surface area contributed by atoms with Gasteiger partial charge in [0.25, 0.3) is 5.91 Å². The Kier molecular flexibility index (Phi) is 8.62. The zero-order valence-electron chi connectivity index (χ0n) is 20.6. The van der Waals surface area contributed by atoms with Crippen molar-refractivity contribution >= 4 is 23.0 Å². The van der Waals surface area contributed by atoms with Crippen LogP contribution in [-0.2, 0) is 25.3 Å². The van der Waals surface area contributed by atoms with Gasteiger partial charge in [-0.15, -0.1) is 0 Å². The van der Waals surface area contributed by atoms with Crippen LogP contribution in [0.25, 0.3) is 0 Å². The fourth-order valence-electron chi connectivity index (χ4n) is 5.40. The summed E-state index contributed by atoms with van der Waals surface area (Å²) in [5.74, 6) is -0.129. The maximum atomic E-state index is 13.4. The number of aryl methyl sites for hydroxylation is 1. The van der Waals surface area contributed by atoms with Crippen LogP contribution in [-0.4, -0.2) is 81.9 Å². The molecule has 3 aliphatic rings. The topological polar surface area (TPSA) is 132 Å². The molecule has 3 aliphatic heterocycles. The second-order valence-corrected chi connectivity index (χ2v) is 11.4. The summed E-state index contributed by atoms with van der Waals surface area (Å²) in [4.78, 5) is 26.8. The van der Waals surface area contributed by atoms with Gasteiger partial charge in [0.05, 0.1) is 47.0 Å². The summed E-state index contributed by atoms with van der Waals surface area (Å²) in [6.45, 7) is 4.84. The molecule has 3 fully saturated rings. The fourth-order valence-corrected chi connectivity index (χ4v) is 7.09. The molecule has 3 saturated heterocycles. The number of amides is 2. The molecule has 0 bridgehead atoms. The van der Waals surface area contributed by atoms with Crippen LogP contribution in [0.15, 0.2) is 18.2 Å². The Labute approximate surface area is 214 Å². The molecule has 1 aromatic rings. The standard InChI is InChI=1S/C25H34N4O6S/c1-18-14-19(15-26)2-3-22(18)20-4-9-29(10-5-20)36(33)17-25(23(30)27-32)7-11-28(12-8-25)24(31)35-21-6-13-34-16-21/h2-3,14,20-21,32H,4-13,16-17H2,1H3,(H,27,30). The lowest BCUT2D eigenvalue weighted by molar-refractivity contribution is -0.141. The summed E-state index contributed by atoms with van der Waals surface area (Å²) in [5, 5.41) is 18.5. The first kappa shape index (κ1) is 26.5. The van der Waals surface area contributed by atoms with Crippen molar-refractivity contribution in [3.63, 3.8) is 0 Å². The molecule has 2 N–H and O–H groups in total. The van der Waals surface area contributed by atoms with Crippen molar-refractivity contribution in [1.29, 1.82) is 5.26 Å². The summed E-state index contributed by atoms with van der Waals surface area (Å²) in [5.41, 5.74) is 3.71. The minimum atomic E-state index is -1.41. The number of nitrogens with one attached hydrogen (secondary N) is 1. The molecule has 36 heavy (non-hydrogen) atoms. The SMILES string of the molecule is Cc1cc(C#N)ccc1C1CCN(S(=O)CC2(C(=O)NO)CCN(C(=O)OC3CCOC3)CC2)CC1. The molecule has 11 heteroatoms. The highest BCUT2D eigenvalue weighted by Crippen LogP contribution is 2.36. The number of carbonyl (C=O) groups is 2. The fraction of sp³-hybridized carbons (Fsp3) is 0.640. The predicted molar refractivity (Wildman–Crippen MR) is 131 cm³/mol. The monoisotopic (exact) mass is 518 g/mol. The van der Waals surface area contributed by atoms with E-state index in [0.29, 0.717) is 57.0 Å². The molecule has 2 amide bonds. The maximum absolute atomic E-state index is 13.4. The number of hydrogen-bond donors (Lipinski definition) is 2. The van der Waals surface area contributed by atoms with E-state index in [0.717, 1.165) is 18.4 Å². The van der Waals surface area contributed by atoms with Crippen LogP contribution >= 0.6 is 0 Å². The van der Waals surface area contributed by atoms with Gasteiger partial charge in [0.15, 0.2) is 0 Å². The van der Waals surface area contributed by atoms with E-state index in [1.54, 1.807) is 10.4 Å². The summed E-state index contributed by atoms with van der Waals surface area (Å²) >= 11 is 0. The lowest BCUT2D eigenvalue weighted by Crippen LogP contribution is -2.53. The Bertz CT molecular complexity index is 1020. The van der Waals surface area contributed by atoms with Crippen molar-refractivity contribution in [3.8, 4) is 6.07 Å². The third kappa shape index (κ3) is 5.89. The highest BCUT2D eigenvalue weighted by atomic mass is 32.2. The quantitative estimate of drug-likeness (QED) is 0.436. The number of hydroxylamine groups is 1. The van der Waals surface area contributed by atoms with E-state index in [2.05, 4.69) is 6.07 Å². The number of piperidine rings is 2. The number of nitriles is 1. The highest BCUT2D eigenvalue weighted by Gasteiger charge is 2.45. The molecule has 2 unspecified atom stereocenters. The van der Waals surface area contributed by atoms with Gasteiger partial charge in [0.1, 0.15) is 6.10 Å². The van der Waals surface area contributed by atoms with E-state index in [4.69, 9.17) is 14.7 Å². The summed E-state index contributed by atoms with van der Waals surface area (Å²) in [6, 6.07) is 7.93. The summed E-state index contributed by atoms with van der Waals surface area (Å²) < 4.78 is 26.0. The maximum Gasteiger partial charge on any atom is 0.410 e. The molecule has 1 aromatic carbocycles. The van der Waals surface area contributed by atoms with E-state index in [1.165, 1.54) is 5.56 Å². The number of likely N-dealkylation sites (tertiary alicyclic amines) is 1. The van der Waals surface area contributed by atoms with E-state index in [-0.39, 0.29) is 24.9 Å². The first-order valence-corrected chi connectivity index (χ1v) is 13.7. The molecule has 196 valence electrons. The molecule has 0 aromatic heterocycles. The number of benzene rings is 1. The number of ether oxygens (including phenoxy) is 2. The van der Waals surface area contributed by atoms with Gasteiger partial charge in [-0.3, -0.25) is 10.0 Å². The van der Waals surface area contributed by atoms with Gasteiger partial charge in [-0.1, -0.05) is 6.07 Å². The average molecular weight is 519 g/mol. The number of nitrogens with zero attached hydrogens (tertiary/aromatic N) is 3. The van der Waals surface area contributed by atoms with Crippen LogP contribution in [0.4, 0.5) is 4.79 Å². The molecule has 0 radical (unpaired) electrons. The molecule has 2 atom stereocenters. The van der Waals surface area contributed by atoms with Crippen LogP contribution < -0.4 is 5.48 Å². The van der Waals surface area contributed by atoms with Gasteiger partial charge in [0.2, 0.25) is 0 Å². The lowest BCUT2D eigenvalue weighted by Gasteiger charge is -2.41. The minimum Gasteiger partial charge on any atom is -0.444 e. The number of rotatable bonds is 6. The third-order valence-corrected chi connectivity index (χ3v) is 9.44. The van der Waals surface area contributed by atoms with Crippen LogP contribution in [0.1, 0.15) is 54.7 Å². The molecule has 0 aliphatic carbocycles.